The predicted molar refractivity (Wildman–Crippen MR) is 72.7 cm³/mol. The van der Waals surface area contributed by atoms with Crippen LogP contribution in [0.25, 0.3) is 0 Å². The fourth-order valence-corrected chi connectivity index (χ4v) is 1.20. The van der Waals surface area contributed by atoms with Crippen molar-refractivity contribution in [1.29, 1.82) is 0 Å². The van der Waals surface area contributed by atoms with Crippen LogP contribution in [0.4, 0.5) is 4.79 Å². The van der Waals surface area contributed by atoms with E-state index in [-0.39, 0.29) is 0 Å². The number of carbonyl (C=O) groups is 1. The van der Waals surface area contributed by atoms with Crippen LogP contribution in [0.15, 0.2) is 12.2 Å². The maximum atomic E-state index is 11.3. The Balaban J connectivity index is 3.57. The number of alkyl carbamates (subject to hydrolysis) is 1. The van der Waals surface area contributed by atoms with Gasteiger partial charge in [-0.3, -0.25) is 0 Å². The van der Waals surface area contributed by atoms with Crippen molar-refractivity contribution in [2.24, 2.45) is 0 Å². The molecule has 5 heteroatoms. The van der Waals surface area contributed by atoms with Crippen molar-refractivity contribution in [1.82, 2.24) is 10.6 Å². The summed E-state index contributed by atoms with van der Waals surface area (Å²) in [6.45, 7) is 9.46. The van der Waals surface area contributed by atoms with E-state index >= 15 is 0 Å². The Bertz CT molecular complexity index is 259. The van der Waals surface area contributed by atoms with Gasteiger partial charge in [0.1, 0.15) is 5.60 Å². The minimum Gasteiger partial charge on any atom is -0.444 e. The third kappa shape index (κ3) is 11.4. The summed E-state index contributed by atoms with van der Waals surface area (Å²) < 4.78 is 10.1. The molecule has 2 N–H and O–H groups in total. The first-order chi connectivity index (χ1) is 8.35. The fourth-order valence-electron chi connectivity index (χ4n) is 1.20. The van der Waals surface area contributed by atoms with Gasteiger partial charge in [0.2, 0.25) is 0 Å². The highest BCUT2D eigenvalue weighted by Gasteiger charge is 2.14. The molecule has 5 nitrogen and oxygen atoms in total. The van der Waals surface area contributed by atoms with Crippen LogP contribution in [0, 0.1) is 0 Å². The SMILES string of the molecule is COCC(C)NCC=CCNC(=O)OC(C)(C)C. The molecule has 0 saturated heterocycles. The Morgan fingerprint density at radius 1 is 1.28 bits per heavy atom. The normalized spacial score (nSPS) is 13.6. The highest BCUT2D eigenvalue weighted by atomic mass is 16.6. The first kappa shape index (κ1) is 16.9. The second-order valence-electron chi connectivity index (χ2n) is 5.12. The van der Waals surface area contributed by atoms with Crippen LogP contribution in [0.1, 0.15) is 27.7 Å². The van der Waals surface area contributed by atoms with Gasteiger partial charge >= 0.3 is 6.09 Å². The standard InChI is InChI=1S/C13H26N2O3/c1-11(10-17-5)14-8-6-7-9-15-12(16)18-13(2,3)4/h6-7,11,14H,8-10H2,1-5H3,(H,15,16). The molecule has 106 valence electrons. The number of methoxy groups -OCH3 is 1. The molecule has 0 rings (SSSR count). The molecule has 0 aromatic heterocycles. The van der Waals surface area contributed by atoms with E-state index in [1.54, 1.807) is 7.11 Å². The van der Waals surface area contributed by atoms with Crippen LogP contribution in [-0.4, -0.2) is 44.5 Å². The Labute approximate surface area is 110 Å². The second-order valence-corrected chi connectivity index (χ2v) is 5.12. The summed E-state index contributed by atoms with van der Waals surface area (Å²) in [7, 11) is 1.68. The van der Waals surface area contributed by atoms with E-state index in [1.165, 1.54) is 0 Å². The Hall–Kier alpha value is -1.07. The van der Waals surface area contributed by atoms with Gasteiger partial charge in [0.05, 0.1) is 6.61 Å². The molecule has 0 fully saturated rings. The topological polar surface area (TPSA) is 59.6 Å². The molecule has 1 amide bonds. The van der Waals surface area contributed by atoms with E-state index in [0.29, 0.717) is 19.2 Å². The molecule has 0 spiro atoms. The Morgan fingerprint density at radius 3 is 2.44 bits per heavy atom. The van der Waals surface area contributed by atoms with Crippen molar-refractivity contribution in [2.45, 2.75) is 39.3 Å². The summed E-state index contributed by atoms with van der Waals surface area (Å²) in [6, 6.07) is 0.318. The summed E-state index contributed by atoms with van der Waals surface area (Å²) in [6.07, 6.45) is 3.45. The van der Waals surface area contributed by atoms with Crippen LogP contribution in [0.3, 0.4) is 0 Å². The minimum atomic E-state index is -0.453. The zero-order valence-electron chi connectivity index (χ0n) is 12.1. The quantitative estimate of drug-likeness (QED) is 0.682. The summed E-state index contributed by atoms with van der Waals surface area (Å²) in [5.41, 5.74) is -0.453. The van der Waals surface area contributed by atoms with Gasteiger partial charge in [-0.05, 0) is 27.7 Å². The molecule has 0 radical (unpaired) electrons. The molecule has 0 aliphatic rings. The van der Waals surface area contributed by atoms with E-state index in [4.69, 9.17) is 9.47 Å². The molecule has 0 saturated carbocycles. The molecule has 0 heterocycles. The lowest BCUT2D eigenvalue weighted by atomic mass is 10.2. The second kappa shape index (κ2) is 8.94. The van der Waals surface area contributed by atoms with Crippen molar-refractivity contribution in [3.05, 3.63) is 12.2 Å². The van der Waals surface area contributed by atoms with E-state index in [1.807, 2.05) is 32.9 Å². The number of ether oxygens (including phenoxy) is 2. The van der Waals surface area contributed by atoms with Crippen molar-refractivity contribution >= 4 is 6.09 Å². The van der Waals surface area contributed by atoms with Crippen LogP contribution < -0.4 is 10.6 Å². The number of amides is 1. The van der Waals surface area contributed by atoms with Crippen LogP contribution in [-0.2, 0) is 9.47 Å². The molecule has 1 atom stereocenters. The summed E-state index contributed by atoms with van der Waals surface area (Å²) in [4.78, 5) is 11.3. The number of carbonyl (C=O) groups excluding carboxylic acids is 1. The lowest BCUT2D eigenvalue weighted by molar-refractivity contribution is 0.0534. The van der Waals surface area contributed by atoms with Gasteiger partial charge in [-0.1, -0.05) is 12.2 Å². The summed E-state index contributed by atoms with van der Waals surface area (Å²) >= 11 is 0. The largest absolute Gasteiger partial charge is 0.444 e. The van der Waals surface area contributed by atoms with Gasteiger partial charge in [-0.15, -0.1) is 0 Å². The minimum absolute atomic E-state index is 0.318. The maximum absolute atomic E-state index is 11.3. The molecule has 0 aliphatic carbocycles. The Morgan fingerprint density at radius 2 is 1.89 bits per heavy atom. The molecule has 0 bridgehead atoms. The Kier molecular flexibility index (Phi) is 8.41. The van der Waals surface area contributed by atoms with Gasteiger partial charge in [-0.2, -0.15) is 0 Å². The highest BCUT2D eigenvalue weighted by Crippen LogP contribution is 2.05. The van der Waals surface area contributed by atoms with E-state index < -0.39 is 11.7 Å². The third-order valence-electron chi connectivity index (χ3n) is 1.93. The van der Waals surface area contributed by atoms with Crippen LogP contribution >= 0.6 is 0 Å². The monoisotopic (exact) mass is 258 g/mol. The fraction of sp³-hybridized carbons (Fsp3) is 0.769. The van der Waals surface area contributed by atoms with Crippen LogP contribution in [0.5, 0.6) is 0 Å². The number of hydrogen-bond acceptors (Lipinski definition) is 4. The van der Waals surface area contributed by atoms with Crippen molar-refractivity contribution in [2.75, 3.05) is 26.8 Å². The van der Waals surface area contributed by atoms with Gasteiger partial charge in [0.25, 0.3) is 0 Å². The number of hydrogen-bond donors (Lipinski definition) is 2. The average Bonchev–Trinajstić information content (AvgIpc) is 2.21. The number of nitrogens with one attached hydrogen (secondary N) is 2. The van der Waals surface area contributed by atoms with E-state index in [9.17, 15) is 4.79 Å². The average molecular weight is 258 g/mol. The smallest absolute Gasteiger partial charge is 0.407 e. The maximum Gasteiger partial charge on any atom is 0.407 e. The highest BCUT2D eigenvalue weighted by molar-refractivity contribution is 5.67. The van der Waals surface area contributed by atoms with Crippen molar-refractivity contribution in [3.63, 3.8) is 0 Å². The van der Waals surface area contributed by atoms with Crippen LogP contribution in [0.2, 0.25) is 0 Å². The molecule has 1 unspecified atom stereocenters. The predicted octanol–water partition coefficient (Wildman–Crippen LogP) is 1.69. The molecule has 0 aromatic carbocycles. The first-order valence-corrected chi connectivity index (χ1v) is 6.19. The molecular weight excluding hydrogens is 232 g/mol. The first-order valence-electron chi connectivity index (χ1n) is 6.19. The zero-order valence-corrected chi connectivity index (χ0v) is 12.1. The van der Waals surface area contributed by atoms with Gasteiger partial charge in [0.15, 0.2) is 0 Å². The third-order valence-corrected chi connectivity index (χ3v) is 1.93. The van der Waals surface area contributed by atoms with Gasteiger partial charge < -0.3 is 20.1 Å². The molecule has 0 aromatic rings. The summed E-state index contributed by atoms with van der Waals surface area (Å²) in [5, 5.41) is 5.91. The van der Waals surface area contributed by atoms with Crippen molar-refractivity contribution < 1.29 is 14.3 Å². The zero-order chi connectivity index (χ0) is 14.0. The van der Waals surface area contributed by atoms with Crippen molar-refractivity contribution in [3.8, 4) is 0 Å². The van der Waals surface area contributed by atoms with Gasteiger partial charge in [-0.25, -0.2) is 4.79 Å². The van der Waals surface area contributed by atoms with Gasteiger partial charge in [0, 0.05) is 26.2 Å². The molecule has 0 aliphatic heterocycles. The van der Waals surface area contributed by atoms with E-state index in [0.717, 1.165) is 6.54 Å². The lowest BCUT2D eigenvalue weighted by Crippen LogP contribution is -2.32. The lowest BCUT2D eigenvalue weighted by Gasteiger charge is -2.19. The number of rotatable bonds is 7. The van der Waals surface area contributed by atoms with E-state index in [2.05, 4.69) is 17.6 Å². The summed E-state index contributed by atoms with van der Waals surface area (Å²) in [5.74, 6) is 0. The molecule has 18 heavy (non-hydrogen) atoms. The molecular formula is C13H26N2O3.